The summed E-state index contributed by atoms with van der Waals surface area (Å²) in [5, 5.41) is 14.8. The highest BCUT2D eigenvalue weighted by atomic mass is 32.1. The van der Waals surface area contributed by atoms with Crippen molar-refractivity contribution in [3.63, 3.8) is 0 Å². The second-order valence-corrected chi connectivity index (χ2v) is 5.25. The van der Waals surface area contributed by atoms with Crippen LogP contribution in [-0.4, -0.2) is 43.5 Å². The van der Waals surface area contributed by atoms with Crippen LogP contribution in [0.4, 0.5) is 0 Å². The molecular formula is C12H17NO4S. The summed E-state index contributed by atoms with van der Waals surface area (Å²) in [7, 11) is 1.53. The van der Waals surface area contributed by atoms with Crippen molar-refractivity contribution in [1.29, 1.82) is 0 Å². The van der Waals surface area contributed by atoms with Crippen molar-refractivity contribution < 1.29 is 19.4 Å². The Kier molecular flexibility index (Phi) is 4.21. The van der Waals surface area contributed by atoms with Gasteiger partial charge in [0.15, 0.2) is 0 Å². The fourth-order valence-corrected chi connectivity index (χ4v) is 2.65. The maximum Gasteiger partial charge on any atom is 0.265 e. The minimum absolute atomic E-state index is 0.207. The van der Waals surface area contributed by atoms with E-state index >= 15 is 0 Å². The van der Waals surface area contributed by atoms with Gasteiger partial charge in [-0.2, -0.15) is 0 Å². The fourth-order valence-electron chi connectivity index (χ4n) is 1.88. The molecule has 1 saturated heterocycles. The second-order valence-electron chi connectivity index (χ2n) is 4.34. The topological polar surface area (TPSA) is 67.8 Å². The second kappa shape index (κ2) is 5.69. The van der Waals surface area contributed by atoms with Gasteiger partial charge in [-0.15, -0.1) is 11.3 Å². The largest absolute Gasteiger partial charge is 0.495 e. The number of methoxy groups -OCH3 is 1. The first-order chi connectivity index (χ1) is 8.64. The molecule has 2 N–H and O–H groups in total. The van der Waals surface area contributed by atoms with E-state index in [1.807, 2.05) is 0 Å². The summed E-state index contributed by atoms with van der Waals surface area (Å²) < 4.78 is 10.3. The number of aliphatic hydroxyl groups is 1. The molecule has 2 rings (SSSR count). The minimum atomic E-state index is -0.849. The van der Waals surface area contributed by atoms with Gasteiger partial charge in [0.05, 0.1) is 12.7 Å². The molecule has 0 spiro atoms. The molecule has 0 bridgehead atoms. The Bertz CT molecular complexity index is 412. The Labute approximate surface area is 110 Å². The zero-order valence-corrected chi connectivity index (χ0v) is 11.1. The zero-order chi connectivity index (χ0) is 13.0. The summed E-state index contributed by atoms with van der Waals surface area (Å²) in [6.07, 6.45) is 1.10. The smallest absolute Gasteiger partial charge is 0.265 e. The number of amides is 1. The van der Waals surface area contributed by atoms with Gasteiger partial charge in [-0.05, 0) is 11.4 Å². The molecule has 2 heterocycles. The van der Waals surface area contributed by atoms with Crippen LogP contribution in [-0.2, 0) is 4.74 Å². The molecule has 1 amide bonds. The molecule has 18 heavy (non-hydrogen) atoms. The summed E-state index contributed by atoms with van der Waals surface area (Å²) >= 11 is 1.32. The van der Waals surface area contributed by atoms with Crippen molar-refractivity contribution in [2.75, 3.05) is 26.9 Å². The van der Waals surface area contributed by atoms with Gasteiger partial charge in [-0.3, -0.25) is 4.79 Å². The van der Waals surface area contributed by atoms with Crippen LogP contribution in [0, 0.1) is 0 Å². The number of hydrogen-bond acceptors (Lipinski definition) is 5. The van der Waals surface area contributed by atoms with E-state index in [0.717, 1.165) is 0 Å². The molecule has 0 saturated carbocycles. The molecule has 1 aromatic heterocycles. The van der Waals surface area contributed by atoms with Gasteiger partial charge in [0.1, 0.15) is 10.6 Å². The summed E-state index contributed by atoms with van der Waals surface area (Å²) in [5.41, 5.74) is -0.849. The van der Waals surface area contributed by atoms with Crippen molar-refractivity contribution in [3.8, 4) is 5.75 Å². The first-order valence-corrected chi connectivity index (χ1v) is 6.72. The van der Waals surface area contributed by atoms with Gasteiger partial charge < -0.3 is 19.9 Å². The van der Waals surface area contributed by atoms with Crippen LogP contribution in [0.25, 0.3) is 0 Å². The molecule has 1 aliphatic heterocycles. The highest BCUT2D eigenvalue weighted by molar-refractivity contribution is 7.12. The lowest BCUT2D eigenvalue weighted by molar-refractivity contribution is -0.0605. The number of nitrogens with one attached hydrogen (secondary N) is 1. The van der Waals surface area contributed by atoms with Gasteiger partial charge in [-0.1, -0.05) is 0 Å². The van der Waals surface area contributed by atoms with Gasteiger partial charge in [0.25, 0.3) is 5.91 Å². The van der Waals surface area contributed by atoms with E-state index in [1.54, 1.807) is 11.4 Å². The van der Waals surface area contributed by atoms with Gasteiger partial charge in [0.2, 0.25) is 0 Å². The molecule has 0 unspecified atom stereocenters. The van der Waals surface area contributed by atoms with Gasteiger partial charge >= 0.3 is 0 Å². The fraction of sp³-hybridized carbons (Fsp3) is 0.583. The predicted octanol–water partition coefficient (Wildman–Crippen LogP) is 1.03. The summed E-state index contributed by atoms with van der Waals surface area (Å²) in [6, 6.07) is 1.75. The van der Waals surface area contributed by atoms with Crippen LogP contribution in [0.2, 0.25) is 0 Å². The first-order valence-electron chi connectivity index (χ1n) is 5.84. The number of rotatable bonds is 4. The lowest BCUT2D eigenvalue weighted by Gasteiger charge is -2.31. The molecule has 0 radical (unpaired) electrons. The maximum absolute atomic E-state index is 11.9. The molecule has 100 valence electrons. The summed E-state index contributed by atoms with van der Waals surface area (Å²) in [6.45, 7) is 1.32. The van der Waals surface area contributed by atoms with Gasteiger partial charge in [0, 0.05) is 32.6 Å². The third-order valence-electron chi connectivity index (χ3n) is 3.06. The van der Waals surface area contributed by atoms with Crippen LogP contribution in [0.1, 0.15) is 22.5 Å². The van der Waals surface area contributed by atoms with Crippen molar-refractivity contribution in [2.24, 2.45) is 0 Å². The van der Waals surface area contributed by atoms with E-state index in [4.69, 9.17) is 9.47 Å². The van der Waals surface area contributed by atoms with Crippen molar-refractivity contribution in [1.82, 2.24) is 5.32 Å². The lowest BCUT2D eigenvalue weighted by atomic mass is 9.94. The van der Waals surface area contributed by atoms with Crippen molar-refractivity contribution >= 4 is 17.2 Å². The number of thiophene rings is 1. The maximum atomic E-state index is 11.9. The number of hydrogen-bond donors (Lipinski definition) is 2. The Morgan fingerprint density at radius 3 is 3.00 bits per heavy atom. The van der Waals surface area contributed by atoms with Crippen LogP contribution < -0.4 is 10.1 Å². The Balaban J connectivity index is 1.92. The molecule has 1 aliphatic rings. The molecule has 1 aromatic rings. The zero-order valence-electron chi connectivity index (χ0n) is 10.3. The number of ether oxygens (including phenoxy) is 2. The third kappa shape index (κ3) is 3.01. The van der Waals surface area contributed by atoms with E-state index < -0.39 is 5.60 Å². The van der Waals surface area contributed by atoms with E-state index in [9.17, 15) is 9.90 Å². The summed E-state index contributed by atoms with van der Waals surface area (Å²) in [5.74, 6) is 0.359. The monoisotopic (exact) mass is 271 g/mol. The van der Waals surface area contributed by atoms with Crippen LogP contribution >= 0.6 is 11.3 Å². The average Bonchev–Trinajstić information content (AvgIpc) is 2.85. The van der Waals surface area contributed by atoms with Crippen LogP contribution in [0.5, 0.6) is 5.75 Å². The van der Waals surface area contributed by atoms with Crippen LogP contribution in [0.15, 0.2) is 11.4 Å². The minimum Gasteiger partial charge on any atom is -0.495 e. The van der Waals surface area contributed by atoms with Gasteiger partial charge in [-0.25, -0.2) is 0 Å². The Morgan fingerprint density at radius 2 is 2.33 bits per heavy atom. The first kappa shape index (κ1) is 13.3. The van der Waals surface area contributed by atoms with E-state index in [2.05, 4.69) is 5.32 Å². The standard InChI is InChI=1S/C12H17NO4S/c1-16-9-2-7-18-10(9)11(14)13-8-12(15)3-5-17-6-4-12/h2,7,15H,3-6,8H2,1H3,(H,13,14). The normalized spacial score (nSPS) is 18.3. The van der Waals surface area contributed by atoms with E-state index in [0.29, 0.717) is 36.7 Å². The molecular weight excluding hydrogens is 254 g/mol. The predicted molar refractivity (Wildman–Crippen MR) is 68.2 cm³/mol. The van der Waals surface area contributed by atoms with Crippen molar-refractivity contribution in [3.05, 3.63) is 16.3 Å². The van der Waals surface area contributed by atoms with E-state index in [-0.39, 0.29) is 12.5 Å². The number of carbonyl (C=O) groups excluding carboxylic acids is 1. The molecule has 0 atom stereocenters. The van der Waals surface area contributed by atoms with E-state index in [1.165, 1.54) is 18.4 Å². The molecule has 0 aliphatic carbocycles. The van der Waals surface area contributed by atoms with Crippen LogP contribution in [0.3, 0.4) is 0 Å². The average molecular weight is 271 g/mol. The third-order valence-corrected chi connectivity index (χ3v) is 3.95. The molecule has 5 nitrogen and oxygen atoms in total. The highest BCUT2D eigenvalue weighted by Gasteiger charge is 2.30. The Hall–Kier alpha value is -1.11. The molecule has 0 aromatic carbocycles. The number of carbonyl (C=O) groups is 1. The van der Waals surface area contributed by atoms with Crippen molar-refractivity contribution in [2.45, 2.75) is 18.4 Å². The summed E-state index contributed by atoms with van der Waals surface area (Å²) in [4.78, 5) is 12.5. The molecule has 1 fully saturated rings. The lowest BCUT2D eigenvalue weighted by Crippen LogP contribution is -2.46. The Morgan fingerprint density at radius 1 is 1.61 bits per heavy atom. The highest BCUT2D eigenvalue weighted by Crippen LogP contribution is 2.25. The SMILES string of the molecule is COc1ccsc1C(=O)NCC1(O)CCOCC1. The quantitative estimate of drug-likeness (QED) is 0.858. The molecule has 6 heteroatoms.